The van der Waals surface area contributed by atoms with Crippen LogP contribution in [-0.2, 0) is 4.74 Å². The number of anilines is 1. The number of hydrogen-bond donors (Lipinski definition) is 2. The zero-order chi connectivity index (χ0) is 11.1. The van der Waals surface area contributed by atoms with Crippen molar-refractivity contribution in [3.8, 4) is 0 Å². The first-order valence-electron chi connectivity index (χ1n) is 5.36. The van der Waals surface area contributed by atoms with E-state index in [1.807, 2.05) is 0 Å². The summed E-state index contributed by atoms with van der Waals surface area (Å²) >= 11 is 2.21. The van der Waals surface area contributed by atoms with Gasteiger partial charge < -0.3 is 15.8 Å². The van der Waals surface area contributed by atoms with Crippen molar-refractivity contribution < 1.29 is 4.74 Å². The highest BCUT2D eigenvalue weighted by molar-refractivity contribution is 14.1. The van der Waals surface area contributed by atoms with Gasteiger partial charge in [-0.05, 0) is 29.0 Å². The monoisotopic (exact) mass is 332 g/mol. The van der Waals surface area contributed by atoms with Crippen LogP contribution in [0.1, 0.15) is 6.42 Å². The number of nitrogens with two attached hydrogens (primary N) is 1. The maximum absolute atomic E-state index is 6.12. The quantitative estimate of drug-likeness (QED) is 0.777. The molecule has 4 atom stereocenters. The lowest BCUT2D eigenvalue weighted by atomic mass is 9.72. The van der Waals surface area contributed by atoms with Crippen molar-refractivity contribution >= 4 is 28.4 Å². The Morgan fingerprint density at radius 1 is 1.56 bits per heavy atom. The molecule has 4 unspecified atom stereocenters. The Hall–Kier alpha value is -0.470. The summed E-state index contributed by atoms with van der Waals surface area (Å²) < 4.78 is 6.67. The molecule has 2 aliphatic rings. The maximum Gasteiger partial charge on any atom is 0.143 e. The Morgan fingerprint density at radius 3 is 3.25 bits per heavy atom. The SMILES string of the molecule is NC1C2CCOC2C1Nc1ncncc1I. The first-order valence-corrected chi connectivity index (χ1v) is 6.44. The van der Waals surface area contributed by atoms with E-state index in [0.717, 1.165) is 22.4 Å². The third-order valence-corrected chi connectivity index (χ3v) is 4.21. The summed E-state index contributed by atoms with van der Waals surface area (Å²) in [5, 5.41) is 3.36. The molecule has 6 heteroatoms. The van der Waals surface area contributed by atoms with Crippen LogP contribution in [0.4, 0.5) is 5.82 Å². The molecule has 1 aromatic rings. The van der Waals surface area contributed by atoms with Crippen LogP contribution in [0.3, 0.4) is 0 Å². The number of nitrogens with zero attached hydrogens (tertiary/aromatic N) is 2. The summed E-state index contributed by atoms with van der Waals surface area (Å²) in [7, 11) is 0. The van der Waals surface area contributed by atoms with E-state index in [9.17, 15) is 0 Å². The molecule has 3 N–H and O–H groups in total. The highest BCUT2D eigenvalue weighted by atomic mass is 127. The van der Waals surface area contributed by atoms with Crippen LogP contribution in [0, 0.1) is 9.49 Å². The molecule has 5 nitrogen and oxygen atoms in total. The van der Waals surface area contributed by atoms with E-state index in [2.05, 4.69) is 37.9 Å². The first-order chi connectivity index (χ1) is 7.77. The summed E-state index contributed by atoms with van der Waals surface area (Å²) in [4.78, 5) is 8.17. The second-order valence-electron chi connectivity index (χ2n) is 4.25. The molecule has 0 spiro atoms. The predicted molar refractivity (Wildman–Crippen MR) is 68.0 cm³/mol. The number of aromatic nitrogens is 2. The molecule has 2 heterocycles. The van der Waals surface area contributed by atoms with Gasteiger partial charge in [-0.3, -0.25) is 0 Å². The summed E-state index contributed by atoms with van der Waals surface area (Å²) in [6.45, 7) is 0.835. The van der Waals surface area contributed by atoms with Gasteiger partial charge in [0.05, 0.1) is 15.7 Å². The number of nitrogens with one attached hydrogen (secondary N) is 1. The van der Waals surface area contributed by atoms with Gasteiger partial charge in [-0.2, -0.15) is 0 Å². The number of ether oxygens (including phenoxy) is 1. The van der Waals surface area contributed by atoms with Crippen molar-refractivity contribution in [3.63, 3.8) is 0 Å². The molecule has 0 amide bonds. The molecule has 0 aromatic carbocycles. The van der Waals surface area contributed by atoms with Crippen molar-refractivity contribution in [2.45, 2.75) is 24.6 Å². The van der Waals surface area contributed by atoms with Crippen molar-refractivity contribution in [2.24, 2.45) is 11.7 Å². The molecule has 0 bridgehead atoms. The summed E-state index contributed by atoms with van der Waals surface area (Å²) in [5.74, 6) is 1.38. The fraction of sp³-hybridized carbons (Fsp3) is 0.600. The van der Waals surface area contributed by atoms with Crippen LogP contribution >= 0.6 is 22.6 Å². The fourth-order valence-corrected chi connectivity index (χ4v) is 2.96. The highest BCUT2D eigenvalue weighted by Crippen LogP contribution is 2.39. The third-order valence-electron chi connectivity index (χ3n) is 3.42. The van der Waals surface area contributed by atoms with Gasteiger partial charge in [-0.25, -0.2) is 9.97 Å². The molecular formula is C10H13IN4O. The Bertz CT molecular complexity index is 402. The zero-order valence-electron chi connectivity index (χ0n) is 8.64. The van der Waals surface area contributed by atoms with Gasteiger partial charge >= 0.3 is 0 Å². The van der Waals surface area contributed by atoms with Gasteiger partial charge in [0.2, 0.25) is 0 Å². The van der Waals surface area contributed by atoms with E-state index in [0.29, 0.717) is 5.92 Å². The van der Waals surface area contributed by atoms with E-state index < -0.39 is 0 Å². The van der Waals surface area contributed by atoms with Gasteiger partial charge in [0.25, 0.3) is 0 Å². The largest absolute Gasteiger partial charge is 0.376 e. The summed E-state index contributed by atoms with van der Waals surface area (Å²) in [5.41, 5.74) is 6.12. The normalized spacial score (nSPS) is 36.6. The lowest BCUT2D eigenvalue weighted by molar-refractivity contribution is 0.00521. The predicted octanol–water partition coefficient (Wildman–Crippen LogP) is 0.608. The van der Waals surface area contributed by atoms with Gasteiger partial charge in [0, 0.05) is 24.8 Å². The second kappa shape index (κ2) is 4.08. The summed E-state index contributed by atoms with van der Waals surface area (Å²) in [6.07, 6.45) is 4.68. The van der Waals surface area contributed by atoms with Crippen LogP contribution in [0.5, 0.6) is 0 Å². The minimum atomic E-state index is 0.179. The number of fused-ring (bicyclic) bond motifs is 1. The molecule has 1 aliphatic carbocycles. The van der Waals surface area contributed by atoms with Crippen molar-refractivity contribution in [3.05, 3.63) is 16.1 Å². The number of hydrogen-bond acceptors (Lipinski definition) is 5. The highest BCUT2D eigenvalue weighted by Gasteiger charge is 2.52. The number of halogens is 1. The molecule has 86 valence electrons. The van der Waals surface area contributed by atoms with Crippen molar-refractivity contribution in [2.75, 3.05) is 11.9 Å². The molecular weight excluding hydrogens is 319 g/mol. The summed E-state index contributed by atoms with van der Waals surface area (Å²) in [6, 6.07) is 0.370. The first kappa shape index (κ1) is 10.7. The van der Waals surface area contributed by atoms with Crippen molar-refractivity contribution in [1.82, 2.24) is 9.97 Å². The maximum atomic E-state index is 6.12. The molecule has 1 saturated heterocycles. The molecule has 3 rings (SSSR count). The average molecular weight is 332 g/mol. The minimum Gasteiger partial charge on any atom is -0.376 e. The number of rotatable bonds is 2. The molecule has 1 aromatic heterocycles. The lowest BCUT2D eigenvalue weighted by Crippen LogP contribution is -2.65. The lowest BCUT2D eigenvalue weighted by Gasteiger charge is -2.45. The van der Waals surface area contributed by atoms with Crippen LogP contribution < -0.4 is 11.1 Å². The molecule has 16 heavy (non-hydrogen) atoms. The van der Waals surface area contributed by atoms with E-state index in [1.165, 1.54) is 0 Å². The molecule has 2 fully saturated rings. The van der Waals surface area contributed by atoms with Crippen LogP contribution in [0.15, 0.2) is 12.5 Å². The minimum absolute atomic E-state index is 0.179. The zero-order valence-corrected chi connectivity index (χ0v) is 10.8. The van der Waals surface area contributed by atoms with Gasteiger partial charge in [-0.1, -0.05) is 0 Å². The Kier molecular flexibility index (Phi) is 2.72. The van der Waals surface area contributed by atoms with E-state index >= 15 is 0 Å². The van der Waals surface area contributed by atoms with E-state index in [4.69, 9.17) is 10.5 Å². The second-order valence-corrected chi connectivity index (χ2v) is 5.42. The fourth-order valence-electron chi connectivity index (χ4n) is 2.50. The van der Waals surface area contributed by atoms with Crippen LogP contribution in [0.25, 0.3) is 0 Å². The average Bonchev–Trinajstić information content (AvgIpc) is 2.72. The van der Waals surface area contributed by atoms with Crippen LogP contribution in [-0.4, -0.2) is 34.8 Å². The Labute approximate surface area is 107 Å². The smallest absolute Gasteiger partial charge is 0.143 e. The van der Waals surface area contributed by atoms with Crippen molar-refractivity contribution in [1.29, 1.82) is 0 Å². The Balaban J connectivity index is 1.74. The standard InChI is InChI=1S/C10H13IN4O/c11-6-3-13-4-14-10(6)15-8-7(12)5-1-2-16-9(5)8/h3-5,7-9H,1-2,12H2,(H,13,14,15). The third kappa shape index (κ3) is 1.59. The van der Waals surface area contributed by atoms with Gasteiger partial charge in [0.1, 0.15) is 12.1 Å². The molecule has 1 aliphatic heterocycles. The van der Waals surface area contributed by atoms with Gasteiger partial charge in [-0.15, -0.1) is 0 Å². The van der Waals surface area contributed by atoms with E-state index in [-0.39, 0.29) is 18.2 Å². The Morgan fingerprint density at radius 2 is 2.44 bits per heavy atom. The molecule has 0 radical (unpaired) electrons. The van der Waals surface area contributed by atoms with E-state index in [1.54, 1.807) is 12.5 Å². The molecule has 1 saturated carbocycles. The topological polar surface area (TPSA) is 73.1 Å². The van der Waals surface area contributed by atoms with Crippen LogP contribution in [0.2, 0.25) is 0 Å². The van der Waals surface area contributed by atoms with Gasteiger partial charge in [0.15, 0.2) is 0 Å².